The lowest BCUT2D eigenvalue weighted by molar-refractivity contribution is -0.301. The van der Waals surface area contributed by atoms with Crippen molar-refractivity contribution >= 4 is 16.4 Å². The molecule has 1 saturated heterocycles. The minimum absolute atomic E-state index is 0.0454. The van der Waals surface area contributed by atoms with Gasteiger partial charge in [0.1, 0.15) is 30.5 Å². The fraction of sp³-hybridized carbons (Fsp3) is 0.981. The van der Waals surface area contributed by atoms with Gasteiger partial charge in [-0.25, -0.2) is 4.18 Å². The van der Waals surface area contributed by atoms with Crippen molar-refractivity contribution in [3.05, 3.63) is 0 Å². The average Bonchev–Trinajstić information content (AvgIpc) is 3.28. The number of hydrogen-bond donors (Lipinski definition) is 4. The molecular weight excluding hydrogens is 849 g/mol. The molecule has 0 aliphatic carbocycles. The van der Waals surface area contributed by atoms with E-state index in [1.165, 1.54) is 199 Å². The van der Waals surface area contributed by atoms with E-state index in [0.29, 0.717) is 13.0 Å². The smallest absolute Gasteiger partial charge is 0.397 e. The van der Waals surface area contributed by atoms with Gasteiger partial charge in [0.2, 0.25) is 0 Å². The van der Waals surface area contributed by atoms with E-state index < -0.39 is 53.8 Å². The summed E-state index contributed by atoms with van der Waals surface area (Å²) in [6, 6.07) is 0. The lowest BCUT2D eigenvalue weighted by atomic mass is 9.99. The standard InChI is InChI=1S/C52H102O12S/c1-3-5-7-9-11-13-15-17-19-21-23-24-26-28-30-32-34-36-38-40-42-60-44-46(45-61-52-50(56)51(64-65(57,58)59)49(55)47(43-53)63-52)62-48(54)41-39-37-35-33-31-29-27-25-22-20-18-16-14-12-10-8-6-4-2/h46-47,49-53,55-56H,3-45H2,1-2H3,(H,57,58,59). The number of carbonyl (C=O) groups excluding carboxylic acids is 1. The van der Waals surface area contributed by atoms with Gasteiger partial charge in [0, 0.05) is 13.0 Å². The monoisotopic (exact) mass is 951 g/mol. The van der Waals surface area contributed by atoms with Crippen LogP contribution in [0.4, 0.5) is 0 Å². The first kappa shape index (κ1) is 62.1. The quantitative estimate of drug-likeness (QED) is 0.0258. The van der Waals surface area contributed by atoms with Crippen molar-refractivity contribution in [3.8, 4) is 0 Å². The van der Waals surface area contributed by atoms with Crippen LogP contribution in [0, 0.1) is 0 Å². The van der Waals surface area contributed by atoms with Gasteiger partial charge >= 0.3 is 16.4 Å². The van der Waals surface area contributed by atoms with Crippen molar-refractivity contribution in [2.24, 2.45) is 0 Å². The number of rotatable bonds is 49. The Morgan fingerprint density at radius 2 is 0.877 bits per heavy atom. The third kappa shape index (κ3) is 37.6. The van der Waals surface area contributed by atoms with Gasteiger partial charge in [0.15, 0.2) is 6.29 Å². The van der Waals surface area contributed by atoms with Crippen LogP contribution >= 0.6 is 0 Å². The SMILES string of the molecule is CCCCCCCCCCCCCCCCCCCCCCOCC(COC1OC(CO)C(O)C(OS(=O)(=O)O)C1O)OC(=O)CCCCCCCCCCCCCCCCCCCC. The molecule has 0 saturated carbocycles. The van der Waals surface area contributed by atoms with Gasteiger partial charge in [-0.2, -0.15) is 8.42 Å². The Bertz CT molecular complexity index is 1140. The van der Waals surface area contributed by atoms with Gasteiger partial charge < -0.3 is 34.3 Å². The zero-order chi connectivity index (χ0) is 47.5. The average molecular weight is 951 g/mol. The van der Waals surface area contributed by atoms with E-state index >= 15 is 0 Å². The predicted octanol–water partition coefficient (Wildman–Crippen LogP) is 12.8. The Labute approximate surface area is 398 Å². The highest BCUT2D eigenvalue weighted by Crippen LogP contribution is 2.26. The summed E-state index contributed by atoms with van der Waals surface area (Å²) < 4.78 is 59.3. The lowest BCUT2D eigenvalue weighted by Gasteiger charge is -2.41. The van der Waals surface area contributed by atoms with Crippen LogP contribution in [0.1, 0.15) is 264 Å². The molecule has 12 nitrogen and oxygen atoms in total. The molecule has 1 fully saturated rings. The molecule has 0 bridgehead atoms. The second kappa shape index (κ2) is 44.3. The van der Waals surface area contributed by atoms with Crippen LogP contribution < -0.4 is 0 Å². The maximum atomic E-state index is 12.9. The van der Waals surface area contributed by atoms with Crippen molar-refractivity contribution < 1.29 is 56.2 Å². The molecule has 4 N–H and O–H groups in total. The highest BCUT2D eigenvalue weighted by molar-refractivity contribution is 7.80. The van der Waals surface area contributed by atoms with Gasteiger partial charge in [-0.1, -0.05) is 245 Å². The van der Waals surface area contributed by atoms with Crippen LogP contribution in [0.25, 0.3) is 0 Å². The summed E-state index contributed by atoms with van der Waals surface area (Å²) in [7, 11) is -5.06. The molecule has 65 heavy (non-hydrogen) atoms. The lowest BCUT2D eigenvalue weighted by Crippen LogP contribution is -2.60. The highest BCUT2D eigenvalue weighted by atomic mass is 32.3. The van der Waals surface area contributed by atoms with Crippen molar-refractivity contribution in [1.82, 2.24) is 0 Å². The second-order valence-electron chi connectivity index (χ2n) is 19.2. The van der Waals surface area contributed by atoms with Gasteiger partial charge in [-0.05, 0) is 12.8 Å². The van der Waals surface area contributed by atoms with Crippen LogP contribution in [0.2, 0.25) is 0 Å². The molecule has 13 heteroatoms. The van der Waals surface area contributed by atoms with Gasteiger partial charge in [-0.3, -0.25) is 9.35 Å². The third-order valence-corrected chi connectivity index (χ3v) is 13.4. The summed E-state index contributed by atoms with van der Waals surface area (Å²) in [6.45, 7) is 4.07. The summed E-state index contributed by atoms with van der Waals surface area (Å²) in [5, 5.41) is 30.8. The van der Waals surface area contributed by atoms with Crippen molar-refractivity contribution in [2.45, 2.75) is 301 Å². The van der Waals surface area contributed by atoms with Gasteiger partial charge in [-0.15, -0.1) is 0 Å². The van der Waals surface area contributed by atoms with E-state index in [1.54, 1.807) is 0 Å². The first-order valence-corrected chi connectivity index (χ1v) is 28.7. The summed E-state index contributed by atoms with van der Waals surface area (Å²) in [5.41, 5.74) is 0. The zero-order valence-electron chi connectivity index (χ0n) is 41.8. The maximum Gasteiger partial charge on any atom is 0.397 e. The van der Waals surface area contributed by atoms with Crippen LogP contribution in [0.5, 0.6) is 0 Å². The summed E-state index contributed by atoms with van der Waals surface area (Å²) in [5.74, 6) is -0.390. The third-order valence-electron chi connectivity index (χ3n) is 13.0. The Balaban J connectivity index is 2.31. The molecule has 0 spiro atoms. The summed E-state index contributed by atoms with van der Waals surface area (Å²) >= 11 is 0. The molecule has 0 aromatic rings. The molecule has 1 aliphatic rings. The van der Waals surface area contributed by atoms with Crippen molar-refractivity contribution in [1.29, 1.82) is 0 Å². The number of carbonyl (C=O) groups is 1. The Morgan fingerprint density at radius 3 is 1.23 bits per heavy atom. The van der Waals surface area contributed by atoms with Crippen molar-refractivity contribution in [2.75, 3.05) is 26.4 Å². The number of aliphatic hydroxyl groups excluding tert-OH is 3. The van der Waals surface area contributed by atoms with Crippen LogP contribution in [0.15, 0.2) is 0 Å². The summed E-state index contributed by atoms with van der Waals surface area (Å²) in [6.07, 6.45) is 39.9. The molecule has 0 amide bonds. The minimum Gasteiger partial charge on any atom is -0.457 e. The first-order chi connectivity index (χ1) is 31.6. The van der Waals surface area contributed by atoms with E-state index in [2.05, 4.69) is 18.0 Å². The molecule has 6 atom stereocenters. The van der Waals surface area contributed by atoms with Gasteiger partial charge in [0.05, 0.1) is 19.8 Å². The second-order valence-corrected chi connectivity index (χ2v) is 20.2. The van der Waals surface area contributed by atoms with Gasteiger partial charge in [0.25, 0.3) is 0 Å². The molecular formula is C52H102O12S. The fourth-order valence-corrected chi connectivity index (χ4v) is 9.36. The maximum absolute atomic E-state index is 12.9. The summed E-state index contributed by atoms with van der Waals surface area (Å²) in [4.78, 5) is 12.9. The largest absolute Gasteiger partial charge is 0.457 e. The normalized spacial score (nSPS) is 19.5. The molecule has 0 aromatic heterocycles. The van der Waals surface area contributed by atoms with E-state index in [-0.39, 0.29) is 25.6 Å². The number of unbranched alkanes of at least 4 members (excludes halogenated alkanes) is 36. The Kier molecular flexibility index (Phi) is 42.4. The molecule has 1 aliphatic heterocycles. The predicted molar refractivity (Wildman–Crippen MR) is 262 cm³/mol. The number of aliphatic hydroxyl groups is 3. The molecule has 0 aromatic carbocycles. The topological polar surface area (TPSA) is 178 Å². The fourth-order valence-electron chi connectivity index (χ4n) is 8.85. The van der Waals surface area contributed by atoms with E-state index in [1.807, 2.05) is 0 Å². The van der Waals surface area contributed by atoms with E-state index in [4.69, 9.17) is 18.9 Å². The van der Waals surface area contributed by atoms with E-state index in [9.17, 15) is 33.1 Å². The molecule has 1 rings (SSSR count). The number of ether oxygens (including phenoxy) is 4. The highest BCUT2D eigenvalue weighted by Gasteiger charge is 2.48. The van der Waals surface area contributed by atoms with Crippen LogP contribution in [-0.4, -0.2) is 97.5 Å². The van der Waals surface area contributed by atoms with E-state index in [0.717, 1.165) is 38.5 Å². The van der Waals surface area contributed by atoms with Crippen LogP contribution in [-0.2, 0) is 38.3 Å². The first-order valence-electron chi connectivity index (χ1n) is 27.3. The Hall–Kier alpha value is -0.900. The Morgan fingerprint density at radius 1 is 0.523 bits per heavy atom. The molecule has 388 valence electrons. The van der Waals surface area contributed by atoms with Crippen molar-refractivity contribution in [3.63, 3.8) is 0 Å². The number of esters is 1. The zero-order valence-corrected chi connectivity index (χ0v) is 42.6. The molecule has 6 unspecified atom stereocenters. The molecule has 0 radical (unpaired) electrons. The molecule has 1 heterocycles. The minimum atomic E-state index is -5.06. The van der Waals surface area contributed by atoms with Crippen LogP contribution in [0.3, 0.4) is 0 Å². The number of hydrogen-bond acceptors (Lipinski definition) is 11.